The van der Waals surface area contributed by atoms with Crippen molar-refractivity contribution in [2.24, 2.45) is 5.92 Å². The normalized spacial score (nSPS) is 13.8. The Balaban J connectivity index is 4.12. The summed E-state index contributed by atoms with van der Waals surface area (Å²) >= 11 is 0. The monoisotopic (exact) mass is 182 g/mol. The Labute approximate surface area is 80.0 Å². The lowest BCUT2D eigenvalue weighted by molar-refractivity contribution is -0.141. The van der Waals surface area contributed by atoms with E-state index in [0.29, 0.717) is 6.42 Å². The molecular weight excluding hydrogens is 164 g/mol. The van der Waals surface area contributed by atoms with Crippen molar-refractivity contribution in [2.45, 2.75) is 33.1 Å². The molecule has 0 saturated carbocycles. The molecule has 0 heterocycles. The second kappa shape index (κ2) is 6.46. The van der Waals surface area contributed by atoms with Crippen molar-refractivity contribution < 1.29 is 9.90 Å². The minimum Gasteiger partial charge on any atom is -0.481 e. The van der Waals surface area contributed by atoms with Gasteiger partial charge < -0.3 is 5.11 Å². The Kier molecular flexibility index (Phi) is 5.94. The second-order valence-corrected chi connectivity index (χ2v) is 3.22. The smallest absolute Gasteiger partial charge is 0.306 e. The SMILES string of the molecule is C=CC(=CCCC)CC(C)C(=O)O. The summed E-state index contributed by atoms with van der Waals surface area (Å²) in [7, 11) is 0. The summed E-state index contributed by atoms with van der Waals surface area (Å²) in [5.74, 6) is -1.06. The first-order valence-electron chi connectivity index (χ1n) is 4.66. The van der Waals surface area contributed by atoms with Crippen LogP contribution in [0.3, 0.4) is 0 Å². The third-order valence-electron chi connectivity index (χ3n) is 1.92. The van der Waals surface area contributed by atoms with Crippen molar-refractivity contribution in [3.63, 3.8) is 0 Å². The topological polar surface area (TPSA) is 37.3 Å². The number of carbonyl (C=O) groups is 1. The molecular formula is C11H18O2. The molecule has 2 heteroatoms. The van der Waals surface area contributed by atoms with E-state index in [1.54, 1.807) is 13.0 Å². The van der Waals surface area contributed by atoms with Crippen LogP contribution in [0.1, 0.15) is 33.1 Å². The molecule has 1 unspecified atom stereocenters. The number of carboxylic acids is 1. The first-order valence-corrected chi connectivity index (χ1v) is 4.66. The lowest BCUT2D eigenvalue weighted by Gasteiger charge is -2.06. The molecule has 1 N–H and O–H groups in total. The van der Waals surface area contributed by atoms with Crippen LogP contribution in [0.25, 0.3) is 0 Å². The van der Waals surface area contributed by atoms with Crippen LogP contribution in [0.5, 0.6) is 0 Å². The van der Waals surface area contributed by atoms with E-state index in [1.807, 2.05) is 0 Å². The fraction of sp³-hybridized carbons (Fsp3) is 0.545. The molecule has 0 rings (SSSR count). The maximum Gasteiger partial charge on any atom is 0.306 e. The highest BCUT2D eigenvalue weighted by molar-refractivity contribution is 5.70. The lowest BCUT2D eigenvalue weighted by Crippen LogP contribution is -2.09. The predicted molar refractivity (Wildman–Crippen MR) is 54.6 cm³/mol. The zero-order valence-electron chi connectivity index (χ0n) is 8.42. The molecule has 0 aliphatic carbocycles. The third kappa shape index (κ3) is 5.23. The van der Waals surface area contributed by atoms with Gasteiger partial charge in [0.15, 0.2) is 0 Å². The molecule has 0 fully saturated rings. The number of unbranched alkanes of at least 4 members (excludes halogenated alkanes) is 1. The van der Waals surface area contributed by atoms with Gasteiger partial charge in [0.2, 0.25) is 0 Å². The van der Waals surface area contributed by atoms with Gasteiger partial charge in [0.25, 0.3) is 0 Å². The van der Waals surface area contributed by atoms with Crippen molar-refractivity contribution >= 4 is 5.97 Å². The number of aliphatic carboxylic acids is 1. The van der Waals surface area contributed by atoms with E-state index in [1.165, 1.54) is 0 Å². The van der Waals surface area contributed by atoms with E-state index in [2.05, 4.69) is 19.6 Å². The van der Waals surface area contributed by atoms with Gasteiger partial charge in [-0.05, 0) is 12.8 Å². The average molecular weight is 182 g/mol. The molecule has 13 heavy (non-hydrogen) atoms. The molecule has 0 aliphatic rings. The molecule has 0 aromatic carbocycles. The molecule has 0 saturated heterocycles. The van der Waals surface area contributed by atoms with Crippen LogP contribution < -0.4 is 0 Å². The first kappa shape index (κ1) is 11.9. The summed E-state index contributed by atoms with van der Waals surface area (Å²) in [6, 6.07) is 0. The molecule has 1 atom stereocenters. The van der Waals surface area contributed by atoms with Gasteiger partial charge in [-0.15, -0.1) is 0 Å². The van der Waals surface area contributed by atoms with Gasteiger partial charge >= 0.3 is 5.97 Å². The van der Waals surface area contributed by atoms with Crippen molar-refractivity contribution in [2.75, 3.05) is 0 Å². The number of allylic oxidation sites excluding steroid dienone is 3. The fourth-order valence-corrected chi connectivity index (χ4v) is 1.02. The summed E-state index contributed by atoms with van der Waals surface area (Å²) in [4.78, 5) is 10.6. The van der Waals surface area contributed by atoms with Gasteiger partial charge in [-0.3, -0.25) is 4.79 Å². The summed E-state index contributed by atoms with van der Waals surface area (Å²) < 4.78 is 0. The molecule has 0 bridgehead atoms. The van der Waals surface area contributed by atoms with Crippen molar-refractivity contribution in [3.05, 3.63) is 24.3 Å². The highest BCUT2D eigenvalue weighted by Gasteiger charge is 2.11. The summed E-state index contributed by atoms with van der Waals surface area (Å²) in [5.41, 5.74) is 1.04. The molecule has 0 amide bonds. The first-order chi connectivity index (χ1) is 6.11. The highest BCUT2D eigenvalue weighted by Crippen LogP contribution is 2.13. The largest absolute Gasteiger partial charge is 0.481 e. The highest BCUT2D eigenvalue weighted by atomic mass is 16.4. The van der Waals surface area contributed by atoms with Gasteiger partial charge in [-0.1, -0.05) is 44.6 Å². The predicted octanol–water partition coefficient (Wildman–Crippen LogP) is 3.01. The molecule has 74 valence electrons. The average Bonchev–Trinajstić information content (AvgIpc) is 2.11. The van der Waals surface area contributed by atoms with Crippen LogP contribution in [-0.4, -0.2) is 11.1 Å². The Bertz CT molecular complexity index is 204. The minimum absolute atomic E-state index is 0.318. The zero-order chi connectivity index (χ0) is 10.3. The van der Waals surface area contributed by atoms with E-state index < -0.39 is 5.97 Å². The van der Waals surface area contributed by atoms with E-state index in [0.717, 1.165) is 18.4 Å². The maximum absolute atomic E-state index is 10.6. The van der Waals surface area contributed by atoms with Crippen LogP contribution in [0.15, 0.2) is 24.3 Å². The molecule has 2 nitrogen and oxygen atoms in total. The van der Waals surface area contributed by atoms with Crippen molar-refractivity contribution in [1.82, 2.24) is 0 Å². The molecule has 0 aromatic heterocycles. The fourth-order valence-electron chi connectivity index (χ4n) is 1.02. The quantitative estimate of drug-likeness (QED) is 0.641. The summed E-state index contributed by atoms with van der Waals surface area (Å²) in [6.07, 6.45) is 6.47. The number of carboxylic acid groups (broad SMARTS) is 1. The third-order valence-corrected chi connectivity index (χ3v) is 1.92. The van der Waals surface area contributed by atoms with Crippen LogP contribution in [0.2, 0.25) is 0 Å². The maximum atomic E-state index is 10.6. The van der Waals surface area contributed by atoms with Crippen molar-refractivity contribution in [3.8, 4) is 0 Å². The Morgan fingerprint density at radius 1 is 1.62 bits per heavy atom. The van der Waals surface area contributed by atoms with Crippen LogP contribution in [-0.2, 0) is 4.79 Å². The van der Waals surface area contributed by atoms with E-state index in [4.69, 9.17) is 5.11 Å². The second-order valence-electron chi connectivity index (χ2n) is 3.22. The Hall–Kier alpha value is -1.05. The number of hydrogen-bond donors (Lipinski definition) is 1. The molecule has 0 aliphatic heterocycles. The van der Waals surface area contributed by atoms with Gasteiger partial charge in [-0.25, -0.2) is 0 Å². The molecule has 0 radical (unpaired) electrons. The lowest BCUT2D eigenvalue weighted by atomic mass is 10.0. The summed E-state index contributed by atoms with van der Waals surface area (Å²) in [5, 5.41) is 8.69. The zero-order valence-corrected chi connectivity index (χ0v) is 8.42. The van der Waals surface area contributed by atoms with Gasteiger partial charge in [0.1, 0.15) is 0 Å². The molecule has 0 aromatic rings. The minimum atomic E-state index is -0.746. The standard InChI is InChI=1S/C11H18O2/c1-4-6-7-10(5-2)8-9(3)11(12)13/h5,7,9H,2,4,6,8H2,1,3H3,(H,12,13). The van der Waals surface area contributed by atoms with Gasteiger partial charge in [-0.2, -0.15) is 0 Å². The number of hydrogen-bond acceptors (Lipinski definition) is 1. The Morgan fingerprint density at radius 2 is 2.23 bits per heavy atom. The summed E-state index contributed by atoms with van der Waals surface area (Å²) in [6.45, 7) is 7.47. The van der Waals surface area contributed by atoms with Gasteiger partial charge in [0.05, 0.1) is 5.92 Å². The van der Waals surface area contributed by atoms with Crippen molar-refractivity contribution in [1.29, 1.82) is 0 Å². The van der Waals surface area contributed by atoms with E-state index in [9.17, 15) is 4.79 Å². The van der Waals surface area contributed by atoms with Crippen LogP contribution >= 0.6 is 0 Å². The van der Waals surface area contributed by atoms with Crippen LogP contribution in [0.4, 0.5) is 0 Å². The van der Waals surface area contributed by atoms with Gasteiger partial charge in [0, 0.05) is 0 Å². The van der Waals surface area contributed by atoms with Crippen LogP contribution in [0, 0.1) is 5.92 Å². The Morgan fingerprint density at radius 3 is 2.62 bits per heavy atom. The van der Waals surface area contributed by atoms with E-state index in [-0.39, 0.29) is 5.92 Å². The number of rotatable bonds is 6. The van der Waals surface area contributed by atoms with E-state index >= 15 is 0 Å². The molecule has 0 spiro atoms.